The summed E-state index contributed by atoms with van der Waals surface area (Å²) >= 11 is 3.26. The van der Waals surface area contributed by atoms with Crippen molar-refractivity contribution in [2.24, 2.45) is 0 Å². The van der Waals surface area contributed by atoms with Gasteiger partial charge in [0.1, 0.15) is 5.82 Å². The zero-order valence-corrected chi connectivity index (χ0v) is 12.1. The van der Waals surface area contributed by atoms with Gasteiger partial charge in [-0.15, -0.1) is 0 Å². The summed E-state index contributed by atoms with van der Waals surface area (Å²) in [5, 5.41) is 5.13. The highest BCUT2D eigenvalue weighted by molar-refractivity contribution is 9.10. The molecule has 2 N–H and O–H groups in total. The first kappa shape index (κ1) is 14.2. The van der Waals surface area contributed by atoms with Gasteiger partial charge in [-0.2, -0.15) is 0 Å². The van der Waals surface area contributed by atoms with Gasteiger partial charge < -0.3 is 10.6 Å². The molecule has 0 aliphatic rings. The molecule has 0 bridgehead atoms. The molecule has 5 nitrogen and oxygen atoms in total. The molecule has 102 valence electrons. The number of rotatable bonds is 4. The van der Waals surface area contributed by atoms with E-state index in [2.05, 4.69) is 31.5 Å². The maximum absolute atomic E-state index is 11.7. The van der Waals surface area contributed by atoms with Crippen LogP contribution in [0.5, 0.6) is 0 Å². The van der Waals surface area contributed by atoms with E-state index in [0.717, 1.165) is 4.47 Å². The Morgan fingerprint density at radius 3 is 2.50 bits per heavy atom. The molecule has 0 saturated heterocycles. The Morgan fingerprint density at radius 1 is 1.10 bits per heavy atom. The molecule has 2 rings (SSSR count). The minimum absolute atomic E-state index is 0.106. The van der Waals surface area contributed by atoms with E-state index in [9.17, 15) is 9.59 Å². The van der Waals surface area contributed by atoms with Crippen LogP contribution in [0.25, 0.3) is 0 Å². The summed E-state index contributed by atoms with van der Waals surface area (Å²) in [6.45, 7) is -0.106. The summed E-state index contributed by atoms with van der Waals surface area (Å²) in [6, 6.07) is 12.2. The molecular weight excluding hydrogens is 322 g/mol. The normalized spacial score (nSPS) is 9.85. The van der Waals surface area contributed by atoms with E-state index in [-0.39, 0.29) is 18.4 Å². The quantitative estimate of drug-likeness (QED) is 0.901. The number of nitrogens with zero attached hydrogens (tertiary/aromatic N) is 1. The molecule has 6 heteroatoms. The van der Waals surface area contributed by atoms with Gasteiger partial charge in [0.15, 0.2) is 0 Å². The van der Waals surface area contributed by atoms with Gasteiger partial charge in [0.25, 0.3) is 5.91 Å². The number of hydrogen-bond donors (Lipinski definition) is 2. The average molecular weight is 334 g/mol. The first-order valence-electron chi connectivity index (χ1n) is 5.90. The standard InChI is InChI=1S/C14H12BrN3O2/c15-11-6-7-12(16-8-11)18-13(19)9-17-14(20)10-4-2-1-3-5-10/h1-8H,9H2,(H,17,20)(H,16,18,19). The summed E-state index contributed by atoms with van der Waals surface area (Å²) in [7, 11) is 0. The Kier molecular flexibility index (Phi) is 4.84. The molecule has 0 saturated carbocycles. The fourth-order valence-corrected chi connectivity index (χ4v) is 1.72. The second kappa shape index (κ2) is 6.81. The number of benzene rings is 1. The van der Waals surface area contributed by atoms with E-state index in [1.807, 2.05) is 6.07 Å². The fraction of sp³-hybridized carbons (Fsp3) is 0.0714. The van der Waals surface area contributed by atoms with Gasteiger partial charge in [-0.25, -0.2) is 4.98 Å². The van der Waals surface area contributed by atoms with Crippen LogP contribution >= 0.6 is 15.9 Å². The number of nitrogens with one attached hydrogen (secondary N) is 2. The smallest absolute Gasteiger partial charge is 0.251 e. The summed E-state index contributed by atoms with van der Waals surface area (Å²) in [5.41, 5.74) is 0.516. The lowest BCUT2D eigenvalue weighted by Crippen LogP contribution is -2.32. The van der Waals surface area contributed by atoms with E-state index in [0.29, 0.717) is 11.4 Å². The van der Waals surface area contributed by atoms with Crippen molar-refractivity contribution in [2.75, 3.05) is 11.9 Å². The summed E-state index contributed by atoms with van der Waals surface area (Å²) < 4.78 is 0.827. The SMILES string of the molecule is O=C(CNC(=O)c1ccccc1)Nc1ccc(Br)cn1. The number of aromatic nitrogens is 1. The Hall–Kier alpha value is -2.21. The maximum Gasteiger partial charge on any atom is 0.251 e. The van der Waals surface area contributed by atoms with Crippen LogP contribution in [-0.2, 0) is 4.79 Å². The molecule has 0 radical (unpaired) electrons. The van der Waals surface area contributed by atoms with Gasteiger partial charge >= 0.3 is 0 Å². The molecule has 0 fully saturated rings. The summed E-state index contributed by atoms with van der Waals surface area (Å²) in [5.74, 6) is -0.180. The number of carbonyl (C=O) groups is 2. The van der Waals surface area contributed by atoms with Crippen molar-refractivity contribution in [3.05, 3.63) is 58.7 Å². The van der Waals surface area contributed by atoms with Crippen LogP contribution in [0.15, 0.2) is 53.1 Å². The highest BCUT2D eigenvalue weighted by atomic mass is 79.9. The van der Waals surface area contributed by atoms with Crippen molar-refractivity contribution in [3.63, 3.8) is 0 Å². The van der Waals surface area contributed by atoms with Crippen LogP contribution in [0.3, 0.4) is 0 Å². The first-order chi connectivity index (χ1) is 9.65. The molecule has 1 aromatic heterocycles. The maximum atomic E-state index is 11.7. The van der Waals surface area contributed by atoms with Gasteiger partial charge in [0.2, 0.25) is 5.91 Å². The van der Waals surface area contributed by atoms with Crippen LogP contribution in [-0.4, -0.2) is 23.3 Å². The van der Waals surface area contributed by atoms with E-state index in [1.165, 1.54) is 0 Å². The van der Waals surface area contributed by atoms with Crippen molar-refractivity contribution < 1.29 is 9.59 Å². The molecule has 20 heavy (non-hydrogen) atoms. The van der Waals surface area contributed by atoms with Crippen LogP contribution in [0.2, 0.25) is 0 Å². The number of halogens is 1. The number of carbonyl (C=O) groups excluding carboxylic acids is 2. The molecular formula is C14H12BrN3O2. The minimum atomic E-state index is -0.330. The number of pyridine rings is 1. The van der Waals surface area contributed by atoms with Gasteiger partial charge in [0.05, 0.1) is 6.54 Å². The monoisotopic (exact) mass is 333 g/mol. The third kappa shape index (κ3) is 4.17. The van der Waals surface area contributed by atoms with E-state index in [1.54, 1.807) is 42.6 Å². The van der Waals surface area contributed by atoms with Gasteiger partial charge in [-0.05, 0) is 40.2 Å². The number of hydrogen-bond acceptors (Lipinski definition) is 3. The predicted octanol–water partition coefficient (Wildman–Crippen LogP) is 2.21. The molecule has 0 unspecified atom stereocenters. The van der Waals surface area contributed by atoms with Crippen LogP contribution in [0, 0.1) is 0 Å². The van der Waals surface area contributed by atoms with E-state index < -0.39 is 0 Å². The third-order valence-corrected chi connectivity index (χ3v) is 2.91. The molecule has 0 spiro atoms. The largest absolute Gasteiger partial charge is 0.343 e. The molecule has 2 aromatic rings. The minimum Gasteiger partial charge on any atom is -0.343 e. The molecule has 0 atom stereocenters. The Bertz CT molecular complexity index is 600. The number of amides is 2. The highest BCUT2D eigenvalue weighted by Gasteiger charge is 2.07. The second-order valence-corrected chi connectivity index (χ2v) is 4.87. The topological polar surface area (TPSA) is 71.1 Å². The van der Waals surface area contributed by atoms with E-state index in [4.69, 9.17) is 0 Å². The molecule has 0 aliphatic heterocycles. The lowest BCUT2D eigenvalue weighted by Gasteiger charge is -2.06. The second-order valence-electron chi connectivity index (χ2n) is 3.96. The Labute approximate surface area is 124 Å². The van der Waals surface area contributed by atoms with Crippen molar-refractivity contribution in [1.29, 1.82) is 0 Å². The fourth-order valence-electron chi connectivity index (χ4n) is 1.49. The van der Waals surface area contributed by atoms with E-state index >= 15 is 0 Å². The van der Waals surface area contributed by atoms with Crippen molar-refractivity contribution in [3.8, 4) is 0 Å². The average Bonchev–Trinajstić information content (AvgIpc) is 2.48. The van der Waals surface area contributed by atoms with Crippen molar-refractivity contribution in [1.82, 2.24) is 10.3 Å². The zero-order chi connectivity index (χ0) is 14.4. The summed E-state index contributed by atoms with van der Waals surface area (Å²) in [6.07, 6.45) is 1.58. The zero-order valence-electron chi connectivity index (χ0n) is 10.5. The van der Waals surface area contributed by atoms with Gasteiger partial charge in [-0.1, -0.05) is 18.2 Å². The Morgan fingerprint density at radius 2 is 1.85 bits per heavy atom. The van der Waals surface area contributed by atoms with Crippen LogP contribution in [0.4, 0.5) is 5.82 Å². The number of anilines is 1. The van der Waals surface area contributed by atoms with Gasteiger partial charge in [0, 0.05) is 16.2 Å². The highest BCUT2D eigenvalue weighted by Crippen LogP contribution is 2.10. The molecule has 2 amide bonds. The van der Waals surface area contributed by atoms with Crippen molar-refractivity contribution >= 4 is 33.6 Å². The first-order valence-corrected chi connectivity index (χ1v) is 6.69. The third-order valence-electron chi connectivity index (χ3n) is 2.44. The Balaban J connectivity index is 1.83. The molecule has 0 aliphatic carbocycles. The predicted molar refractivity (Wildman–Crippen MR) is 79.3 cm³/mol. The van der Waals surface area contributed by atoms with Crippen LogP contribution < -0.4 is 10.6 Å². The van der Waals surface area contributed by atoms with Gasteiger partial charge in [-0.3, -0.25) is 9.59 Å². The summed E-state index contributed by atoms with van der Waals surface area (Å²) in [4.78, 5) is 27.4. The lowest BCUT2D eigenvalue weighted by atomic mass is 10.2. The molecule has 1 aromatic carbocycles. The lowest BCUT2D eigenvalue weighted by molar-refractivity contribution is -0.115. The van der Waals surface area contributed by atoms with Crippen molar-refractivity contribution in [2.45, 2.75) is 0 Å². The molecule has 1 heterocycles. The van der Waals surface area contributed by atoms with Crippen LogP contribution in [0.1, 0.15) is 10.4 Å².